The van der Waals surface area contributed by atoms with Gasteiger partial charge in [-0.15, -0.1) is 0 Å². The molecule has 4 aromatic rings. The molecule has 0 amide bonds. The van der Waals surface area contributed by atoms with Crippen LogP contribution in [0.4, 0.5) is 8.78 Å². The molecule has 0 spiro atoms. The molecule has 0 nitrogen and oxygen atoms in total. The van der Waals surface area contributed by atoms with Crippen LogP contribution >= 0.6 is 0 Å². The SMILES string of the molecule is CCCCc1ccc(-c2ccc(CCCC)cc2C(=C(F)F)c2ccccc2-c2ccccc2)cc1. The van der Waals surface area contributed by atoms with Crippen molar-refractivity contribution in [1.82, 2.24) is 0 Å². The summed E-state index contributed by atoms with van der Waals surface area (Å²) >= 11 is 0. The first-order chi connectivity index (χ1) is 17.6. The quantitative estimate of drug-likeness (QED) is 0.212. The van der Waals surface area contributed by atoms with Crippen molar-refractivity contribution < 1.29 is 8.78 Å². The van der Waals surface area contributed by atoms with E-state index in [0.717, 1.165) is 66.3 Å². The van der Waals surface area contributed by atoms with E-state index in [1.807, 2.05) is 66.7 Å². The summed E-state index contributed by atoms with van der Waals surface area (Å²) in [7, 11) is 0. The number of unbranched alkanes of at least 4 members (excludes halogenated alkanes) is 2. The molecule has 0 unspecified atom stereocenters. The molecule has 0 aliphatic carbocycles. The van der Waals surface area contributed by atoms with E-state index in [4.69, 9.17) is 0 Å². The van der Waals surface area contributed by atoms with E-state index in [1.54, 1.807) is 0 Å². The second-order valence-electron chi connectivity index (χ2n) is 9.33. The summed E-state index contributed by atoms with van der Waals surface area (Å²) < 4.78 is 29.9. The van der Waals surface area contributed by atoms with Gasteiger partial charge in [0.25, 0.3) is 6.08 Å². The van der Waals surface area contributed by atoms with Gasteiger partial charge in [0.1, 0.15) is 0 Å². The minimum Gasteiger partial charge on any atom is -0.173 e. The highest BCUT2D eigenvalue weighted by molar-refractivity contribution is 5.94. The smallest absolute Gasteiger partial charge is 0.173 e. The Morgan fingerprint density at radius 2 is 1.11 bits per heavy atom. The summed E-state index contributed by atoms with van der Waals surface area (Å²) in [6, 6.07) is 31.8. The maximum absolute atomic E-state index is 14.9. The molecule has 0 N–H and O–H groups in total. The summed E-state index contributed by atoms with van der Waals surface area (Å²) in [6.45, 7) is 4.34. The maximum atomic E-state index is 14.9. The second-order valence-corrected chi connectivity index (χ2v) is 9.33. The van der Waals surface area contributed by atoms with Crippen LogP contribution in [0.3, 0.4) is 0 Å². The van der Waals surface area contributed by atoms with Crippen LogP contribution in [0, 0.1) is 0 Å². The molecule has 0 saturated carbocycles. The van der Waals surface area contributed by atoms with Crippen LogP contribution in [0.1, 0.15) is 61.8 Å². The molecule has 0 bridgehead atoms. The fourth-order valence-electron chi connectivity index (χ4n) is 4.74. The number of halogens is 2. The Bertz CT molecular complexity index is 1300. The van der Waals surface area contributed by atoms with Gasteiger partial charge in [-0.05, 0) is 70.2 Å². The standard InChI is InChI=1S/C34H34F2/c1-3-5-12-25-18-21-28(22-19-25)30-23-20-26(13-6-4-2)24-32(30)33(34(35)36)31-17-11-10-16-29(31)27-14-8-7-9-15-27/h7-11,14-24H,3-6,12-13H2,1-2H3. The maximum Gasteiger partial charge on any atom is 0.278 e. The van der Waals surface area contributed by atoms with Crippen molar-refractivity contribution >= 4 is 5.57 Å². The van der Waals surface area contributed by atoms with Gasteiger partial charge in [-0.2, -0.15) is 8.78 Å². The molecule has 0 aromatic heterocycles. The lowest BCUT2D eigenvalue weighted by atomic mass is 9.86. The van der Waals surface area contributed by atoms with E-state index in [-0.39, 0.29) is 5.57 Å². The molecule has 0 fully saturated rings. The van der Waals surface area contributed by atoms with Gasteiger partial charge in [0, 0.05) is 0 Å². The minimum atomic E-state index is -1.66. The molecule has 0 atom stereocenters. The Morgan fingerprint density at radius 3 is 1.78 bits per heavy atom. The third-order valence-corrected chi connectivity index (χ3v) is 6.73. The molecular weight excluding hydrogens is 446 g/mol. The van der Waals surface area contributed by atoms with Crippen molar-refractivity contribution in [2.75, 3.05) is 0 Å². The molecule has 36 heavy (non-hydrogen) atoms. The summed E-state index contributed by atoms with van der Waals surface area (Å²) in [6.07, 6.45) is 4.64. The van der Waals surface area contributed by atoms with Crippen molar-refractivity contribution in [3.05, 3.63) is 125 Å². The number of hydrogen-bond acceptors (Lipinski definition) is 0. The molecule has 4 aromatic carbocycles. The van der Waals surface area contributed by atoms with Crippen LogP contribution in [0.25, 0.3) is 27.8 Å². The Labute approximate surface area is 214 Å². The Kier molecular flexibility index (Phi) is 8.84. The number of benzene rings is 4. The van der Waals surface area contributed by atoms with Gasteiger partial charge < -0.3 is 0 Å². The number of hydrogen-bond donors (Lipinski definition) is 0. The topological polar surface area (TPSA) is 0 Å². The van der Waals surface area contributed by atoms with Crippen molar-refractivity contribution in [2.24, 2.45) is 0 Å². The zero-order valence-electron chi connectivity index (χ0n) is 21.2. The average molecular weight is 481 g/mol. The van der Waals surface area contributed by atoms with E-state index in [2.05, 4.69) is 44.2 Å². The van der Waals surface area contributed by atoms with Gasteiger partial charge in [0.05, 0.1) is 5.57 Å². The zero-order valence-corrected chi connectivity index (χ0v) is 21.2. The lowest BCUT2D eigenvalue weighted by molar-refractivity contribution is 0.426. The summed E-state index contributed by atoms with van der Waals surface area (Å²) in [5.74, 6) is 0. The summed E-state index contributed by atoms with van der Waals surface area (Å²) in [5.41, 5.74) is 7.06. The predicted octanol–water partition coefficient (Wildman–Crippen LogP) is 10.4. The Hall–Kier alpha value is -3.52. The van der Waals surface area contributed by atoms with E-state index in [9.17, 15) is 8.78 Å². The normalized spacial score (nSPS) is 10.9. The van der Waals surface area contributed by atoms with Crippen LogP contribution in [0.5, 0.6) is 0 Å². The van der Waals surface area contributed by atoms with Crippen molar-refractivity contribution in [3.63, 3.8) is 0 Å². The minimum absolute atomic E-state index is 0.0119. The molecule has 184 valence electrons. The van der Waals surface area contributed by atoms with Crippen molar-refractivity contribution in [2.45, 2.75) is 52.4 Å². The average Bonchev–Trinajstić information content (AvgIpc) is 2.92. The van der Waals surface area contributed by atoms with Crippen molar-refractivity contribution in [1.29, 1.82) is 0 Å². The molecule has 2 heteroatoms. The van der Waals surface area contributed by atoms with Crippen LogP contribution < -0.4 is 0 Å². The van der Waals surface area contributed by atoms with E-state index >= 15 is 0 Å². The lowest BCUT2D eigenvalue weighted by Crippen LogP contribution is -1.99. The molecule has 0 radical (unpaired) electrons. The Morgan fingerprint density at radius 1 is 0.556 bits per heavy atom. The predicted molar refractivity (Wildman–Crippen MR) is 149 cm³/mol. The first-order valence-electron chi connectivity index (χ1n) is 13.0. The monoisotopic (exact) mass is 480 g/mol. The second kappa shape index (κ2) is 12.4. The molecular formula is C34H34F2. The number of aryl methyl sites for hydroxylation is 2. The highest BCUT2D eigenvalue weighted by Crippen LogP contribution is 2.40. The summed E-state index contributed by atoms with van der Waals surface area (Å²) in [5, 5.41) is 0. The molecule has 0 aliphatic rings. The van der Waals surface area contributed by atoms with E-state index in [0.29, 0.717) is 11.1 Å². The molecule has 0 heterocycles. The summed E-state index contributed by atoms with van der Waals surface area (Å²) in [4.78, 5) is 0. The molecule has 0 aliphatic heterocycles. The third kappa shape index (κ3) is 5.99. The number of rotatable bonds is 10. The van der Waals surface area contributed by atoms with Gasteiger partial charge in [0.15, 0.2) is 0 Å². The Balaban J connectivity index is 1.88. The molecule has 0 saturated heterocycles. The fraction of sp³-hybridized carbons (Fsp3) is 0.235. The highest BCUT2D eigenvalue weighted by Gasteiger charge is 2.21. The van der Waals surface area contributed by atoms with Crippen LogP contribution in [0.15, 0.2) is 103 Å². The molecule has 4 rings (SSSR count). The van der Waals surface area contributed by atoms with Crippen LogP contribution in [-0.4, -0.2) is 0 Å². The largest absolute Gasteiger partial charge is 0.278 e. The van der Waals surface area contributed by atoms with Gasteiger partial charge in [0.2, 0.25) is 0 Å². The van der Waals surface area contributed by atoms with Gasteiger partial charge in [-0.1, -0.05) is 124 Å². The lowest BCUT2D eigenvalue weighted by Gasteiger charge is -2.18. The highest BCUT2D eigenvalue weighted by atomic mass is 19.3. The van der Waals surface area contributed by atoms with Crippen LogP contribution in [-0.2, 0) is 12.8 Å². The third-order valence-electron chi connectivity index (χ3n) is 6.73. The fourth-order valence-corrected chi connectivity index (χ4v) is 4.74. The van der Waals surface area contributed by atoms with Gasteiger partial charge in [-0.25, -0.2) is 0 Å². The van der Waals surface area contributed by atoms with Crippen molar-refractivity contribution in [3.8, 4) is 22.3 Å². The van der Waals surface area contributed by atoms with Gasteiger partial charge in [-0.3, -0.25) is 0 Å². The van der Waals surface area contributed by atoms with E-state index < -0.39 is 6.08 Å². The first kappa shape index (κ1) is 25.6. The van der Waals surface area contributed by atoms with Crippen LogP contribution in [0.2, 0.25) is 0 Å². The van der Waals surface area contributed by atoms with E-state index in [1.165, 1.54) is 5.56 Å². The first-order valence-corrected chi connectivity index (χ1v) is 13.0. The zero-order chi connectivity index (χ0) is 25.3. The van der Waals surface area contributed by atoms with Gasteiger partial charge >= 0.3 is 0 Å².